The van der Waals surface area contributed by atoms with Gasteiger partial charge in [0.15, 0.2) is 0 Å². The summed E-state index contributed by atoms with van der Waals surface area (Å²) >= 11 is 1.52. The van der Waals surface area contributed by atoms with Crippen molar-refractivity contribution in [1.82, 2.24) is 5.32 Å². The minimum Gasteiger partial charge on any atom is -0.481 e. The number of aliphatic hydroxyl groups is 1. The van der Waals surface area contributed by atoms with Gasteiger partial charge in [-0.1, -0.05) is 6.92 Å². The largest absolute Gasteiger partial charge is 0.481 e. The average molecular weight is 257 g/mol. The van der Waals surface area contributed by atoms with Crippen molar-refractivity contribution in [3.05, 3.63) is 21.9 Å². The van der Waals surface area contributed by atoms with Gasteiger partial charge in [0.05, 0.1) is 6.42 Å². The minimum absolute atomic E-state index is 0.0905. The Labute approximate surface area is 105 Å². The number of carbonyl (C=O) groups is 1. The molecule has 0 aromatic carbocycles. The van der Waals surface area contributed by atoms with Crippen molar-refractivity contribution < 1.29 is 15.0 Å². The van der Waals surface area contributed by atoms with E-state index in [1.165, 1.54) is 11.3 Å². The molecule has 2 atom stereocenters. The number of hydrogen-bond donors (Lipinski definition) is 3. The molecule has 0 spiro atoms. The maximum absolute atomic E-state index is 10.5. The highest BCUT2D eigenvalue weighted by molar-refractivity contribution is 7.12. The highest BCUT2D eigenvalue weighted by atomic mass is 32.1. The fourth-order valence-electron chi connectivity index (χ4n) is 1.38. The number of carboxylic acids is 1. The van der Waals surface area contributed by atoms with Crippen LogP contribution in [-0.4, -0.2) is 28.8 Å². The van der Waals surface area contributed by atoms with Crippen LogP contribution in [-0.2, 0) is 17.8 Å². The summed E-state index contributed by atoms with van der Waals surface area (Å²) < 4.78 is 0. The molecule has 2 unspecified atom stereocenters. The zero-order chi connectivity index (χ0) is 12.8. The second-order valence-electron chi connectivity index (χ2n) is 4.27. The van der Waals surface area contributed by atoms with E-state index >= 15 is 0 Å². The van der Waals surface area contributed by atoms with Gasteiger partial charge in [-0.15, -0.1) is 11.3 Å². The molecule has 0 aliphatic heterocycles. The smallest absolute Gasteiger partial charge is 0.308 e. The van der Waals surface area contributed by atoms with Crippen molar-refractivity contribution in [2.75, 3.05) is 6.61 Å². The van der Waals surface area contributed by atoms with E-state index in [1.54, 1.807) is 0 Å². The van der Waals surface area contributed by atoms with Crippen molar-refractivity contribution in [3.8, 4) is 0 Å². The molecule has 0 saturated heterocycles. The maximum Gasteiger partial charge on any atom is 0.308 e. The average Bonchev–Trinajstić information content (AvgIpc) is 2.71. The Hall–Kier alpha value is -0.910. The van der Waals surface area contributed by atoms with Gasteiger partial charge in [0.25, 0.3) is 0 Å². The number of aliphatic carboxylic acids is 1. The molecule has 0 amide bonds. The maximum atomic E-state index is 10.5. The molecule has 1 aromatic rings. The minimum atomic E-state index is -0.798. The van der Waals surface area contributed by atoms with Crippen LogP contribution in [0, 0.1) is 5.92 Å². The summed E-state index contributed by atoms with van der Waals surface area (Å²) in [7, 11) is 0. The van der Waals surface area contributed by atoms with Crippen LogP contribution in [0.3, 0.4) is 0 Å². The van der Waals surface area contributed by atoms with Gasteiger partial charge in [0, 0.05) is 28.9 Å². The predicted octanol–water partition coefficient (Wildman–Crippen LogP) is 1.48. The van der Waals surface area contributed by atoms with Crippen molar-refractivity contribution in [1.29, 1.82) is 0 Å². The molecule has 17 heavy (non-hydrogen) atoms. The van der Waals surface area contributed by atoms with Crippen LogP contribution in [0.15, 0.2) is 12.1 Å². The fourth-order valence-corrected chi connectivity index (χ4v) is 2.34. The van der Waals surface area contributed by atoms with E-state index in [0.29, 0.717) is 0 Å². The summed E-state index contributed by atoms with van der Waals surface area (Å²) in [6, 6.07) is 4.05. The van der Waals surface area contributed by atoms with Gasteiger partial charge >= 0.3 is 5.97 Å². The lowest BCUT2D eigenvalue weighted by Gasteiger charge is -2.18. The molecule has 3 N–H and O–H groups in total. The summed E-state index contributed by atoms with van der Waals surface area (Å²) in [5.41, 5.74) is 0. The summed E-state index contributed by atoms with van der Waals surface area (Å²) in [6.07, 6.45) is 0.0905. The van der Waals surface area contributed by atoms with Crippen LogP contribution in [0.5, 0.6) is 0 Å². The van der Waals surface area contributed by atoms with E-state index in [0.717, 1.165) is 16.3 Å². The van der Waals surface area contributed by atoms with Gasteiger partial charge in [-0.25, -0.2) is 0 Å². The molecule has 0 radical (unpaired) electrons. The SMILES string of the molecule is CC(CO)C(C)NCc1ccc(CC(=O)O)s1. The second-order valence-corrected chi connectivity index (χ2v) is 5.52. The van der Waals surface area contributed by atoms with Crippen molar-refractivity contribution in [2.24, 2.45) is 5.92 Å². The van der Waals surface area contributed by atoms with Gasteiger partial charge in [0.2, 0.25) is 0 Å². The molecule has 1 rings (SSSR count). The first-order valence-corrected chi connectivity index (χ1v) is 6.48. The number of rotatable bonds is 7. The first kappa shape index (κ1) is 14.2. The first-order valence-electron chi connectivity index (χ1n) is 5.66. The molecule has 1 heterocycles. The molecular formula is C12H19NO3S. The molecule has 0 fully saturated rings. The number of hydrogen-bond acceptors (Lipinski definition) is 4. The van der Waals surface area contributed by atoms with E-state index in [-0.39, 0.29) is 25.0 Å². The standard InChI is InChI=1S/C12H19NO3S/c1-8(7-14)9(2)13-6-11-4-3-10(17-11)5-12(15)16/h3-4,8-9,13-14H,5-7H2,1-2H3,(H,15,16). The van der Waals surface area contributed by atoms with E-state index in [4.69, 9.17) is 10.2 Å². The van der Waals surface area contributed by atoms with Gasteiger partial charge in [-0.3, -0.25) is 4.79 Å². The topological polar surface area (TPSA) is 69.6 Å². The van der Waals surface area contributed by atoms with Crippen LogP contribution in [0.4, 0.5) is 0 Å². The third-order valence-electron chi connectivity index (χ3n) is 2.78. The second kappa shape index (κ2) is 6.74. The summed E-state index contributed by atoms with van der Waals surface area (Å²) in [5, 5.41) is 21.0. The number of aliphatic hydroxyl groups excluding tert-OH is 1. The molecule has 0 saturated carbocycles. The van der Waals surface area contributed by atoms with E-state index in [1.807, 2.05) is 26.0 Å². The molecule has 5 heteroatoms. The Morgan fingerprint density at radius 2 is 2.06 bits per heavy atom. The summed E-state index contributed by atoms with van der Waals surface area (Å²) in [6.45, 7) is 4.91. The van der Waals surface area contributed by atoms with Gasteiger partial charge in [0.1, 0.15) is 0 Å². The monoisotopic (exact) mass is 257 g/mol. The first-order chi connectivity index (χ1) is 8.02. The number of carboxylic acid groups (broad SMARTS) is 1. The molecule has 96 valence electrons. The quantitative estimate of drug-likeness (QED) is 0.692. The molecular weight excluding hydrogens is 238 g/mol. The van der Waals surface area contributed by atoms with E-state index < -0.39 is 5.97 Å². The van der Waals surface area contributed by atoms with E-state index in [9.17, 15) is 4.79 Å². The van der Waals surface area contributed by atoms with Crippen molar-refractivity contribution in [3.63, 3.8) is 0 Å². The zero-order valence-corrected chi connectivity index (χ0v) is 11.0. The third kappa shape index (κ3) is 4.85. The van der Waals surface area contributed by atoms with Crippen molar-refractivity contribution >= 4 is 17.3 Å². The molecule has 4 nitrogen and oxygen atoms in total. The Kier molecular flexibility index (Phi) is 5.61. The van der Waals surface area contributed by atoms with Crippen LogP contribution in [0.25, 0.3) is 0 Å². The van der Waals surface area contributed by atoms with Crippen LogP contribution in [0.1, 0.15) is 23.6 Å². The highest BCUT2D eigenvalue weighted by Crippen LogP contribution is 2.17. The van der Waals surface area contributed by atoms with Gasteiger partial charge in [-0.2, -0.15) is 0 Å². The van der Waals surface area contributed by atoms with Gasteiger partial charge < -0.3 is 15.5 Å². The molecule has 0 aliphatic rings. The van der Waals surface area contributed by atoms with Crippen LogP contribution >= 0.6 is 11.3 Å². The molecule has 0 aliphatic carbocycles. The summed E-state index contributed by atoms with van der Waals surface area (Å²) in [4.78, 5) is 12.5. The van der Waals surface area contributed by atoms with E-state index in [2.05, 4.69) is 5.32 Å². The van der Waals surface area contributed by atoms with Crippen molar-refractivity contribution in [2.45, 2.75) is 32.9 Å². The fraction of sp³-hybridized carbons (Fsp3) is 0.583. The normalized spacial score (nSPS) is 14.5. The Bertz CT molecular complexity index is 364. The Morgan fingerprint density at radius 3 is 2.65 bits per heavy atom. The highest BCUT2D eigenvalue weighted by Gasteiger charge is 2.11. The van der Waals surface area contributed by atoms with Crippen LogP contribution < -0.4 is 5.32 Å². The molecule has 1 aromatic heterocycles. The van der Waals surface area contributed by atoms with Gasteiger partial charge in [-0.05, 0) is 25.0 Å². The number of nitrogens with one attached hydrogen (secondary N) is 1. The zero-order valence-electron chi connectivity index (χ0n) is 10.1. The van der Waals surface area contributed by atoms with Crippen LogP contribution in [0.2, 0.25) is 0 Å². The lowest BCUT2D eigenvalue weighted by molar-refractivity contribution is -0.136. The predicted molar refractivity (Wildman–Crippen MR) is 68.2 cm³/mol. The molecule has 0 bridgehead atoms. The number of thiophene rings is 1. The Balaban J connectivity index is 2.41. The lowest BCUT2D eigenvalue weighted by atomic mass is 10.1. The third-order valence-corrected chi connectivity index (χ3v) is 3.87. The summed E-state index contributed by atoms with van der Waals surface area (Å²) in [5.74, 6) is -0.581. The Morgan fingerprint density at radius 1 is 1.41 bits per heavy atom. The lowest BCUT2D eigenvalue weighted by Crippen LogP contribution is -2.33.